The van der Waals surface area contributed by atoms with E-state index in [1.54, 1.807) is 5.57 Å². The van der Waals surface area contributed by atoms with E-state index in [0.717, 1.165) is 30.8 Å². The highest BCUT2D eigenvalue weighted by Gasteiger charge is 2.35. The van der Waals surface area contributed by atoms with E-state index in [4.69, 9.17) is 4.74 Å². The van der Waals surface area contributed by atoms with Crippen LogP contribution in [0.15, 0.2) is 102 Å². The summed E-state index contributed by atoms with van der Waals surface area (Å²) in [6.45, 7) is 0. The first-order chi connectivity index (χ1) is 15.4. The SMILES string of the molecule is C1=CC2C3=C(CCC=C3)c3ccc(C4=CC=C5Oc6ccccc6C5C4)cc3C2C=C1. The molecule has 0 spiro atoms. The number of fused-ring (bicyclic) bond motifs is 8. The molecule has 3 unspecified atom stereocenters. The molecule has 0 bridgehead atoms. The Hall–Kier alpha value is -3.32. The zero-order valence-electron chi connectivity index (χ0n) is 17.4. The molecule has 3 atom stereocenters. The normalized spacial score (nSPS) is 26.8. The summed E-state index contributed by atoms with van der Waals surface area (Å²) >= 11 is 0. The molecule has 5 aliphatic rings. The predicted molar refractivity (Wildman–Crippen MR) is 127 cm³/mol. The van der Waals surface area contributed by atoms with Crippen molar-refractivity contribution in [2.75, 3.05) is 0 Å². The Morgan fingerprint density at radius 3 is 2.74 bits per heavy atom. The second-order valence-electron chi connectivity index (χ2n) is 9.16. The summed E-state index contributed by atoms with van der Waals surface area (Å²) in [5, 5.41) is 0. The van der Waals surface area contributed by atoms with Crippen molar-refractivity contribution in [3.8, 4) is 5.75 Å². The Balaban J connectivity index is 1.31. The molecule has 1 heteroatoms. The van der Waals surface area contributed by atoms with Gasteiger partial charge in [-0.05, 0) is 64.8 Å². The van der Waals surface area contributed by atoms with Crippen molar-refractivity contribution in [1.82, 2.24) is 0 Å². The standard InChI is InChI=1S/C30H24O/c1-2-9-23-21(7-1)22-8-3-4-10-24(22)27-17-19(13-15-25(23)27)20-14-16-30-28(18-20)26-11-5-6-12-29(26)31-30/h1,3-8,10-17,22,24,28H,2,9,18H2. The van der Waals surface area contributed by atoms with Gasteiger partial charge < -0.3 is 4.74 Å². The van der Waals surface area contributed by atoms with Crippen LogP contribution in [0.5, 0.6) is 5.75 Å². The molecule has 1 aliphatic heterocycles. The van der Waals surface area contributed by atoms with Crippen molar-refractivity contribution in [2.24, 2.45) is 5.92 Å². The van der Waals surface area contributed by atoms with E-state index < -0.39 is 0 Å². The lowest BCUT2D eigenvalue weighted by atomic mass is 9.67. The largest absolute Gasteiger partial charge is 0.461 e. The highest BCUT2D eigenvalue weighted by molar-refractivity contribution is 5.81. The topological polar surface area (TPSA) is 9.23 Å². The van der Waals surface area contributed by atoms with Gasteiger partial charge >= 0.3 is 0 Å². The quantitative estimate of drug-likeness (QED) is 0.482. The van der Waals surface area contributed by atoms with E-state index >= 15 is 0 Å². The van der Waals surface area contributed by atoms with Gasteiger partial charge in [-0.1, -0.05) is 78.9 Å². The van der Waals surface area contributed by atoms with Gasteiger partial charge in [0.05, 0.1) is 0 Å². The van der Waals surface area contributed by atoms with E-state index in [0.29, 0.717) is 17.8 Å². The minimum atomic E-state index is 0.343. The molecule has 0 saturated heterocycles. The molecule has 0 N–H and O–H groups in total. The minimum absolute atomic E-state index is 0.343. The first-order valence-corrected chi connectivity index (χ1v) is 11.4. The molecule has 1 heterocycles. The maximum absolute atomic E-state index is 6.10. The Morgan fingerprint density at radius 2 is 1.77 bits per heavy atom. The third-order valence-corrected chi connectivity index (χ3v) is 7.55. The molecule has 150 valence electrons. The maximum Gasteiger partial charge on any atom is 0.130 e. The summed E-state index contributed by atoms with van der Waals surface area (Å²) in [6.07, 6.45) is 21.7. The Bertz CT molecular complexity index is 1290. The summed E-state index contributed by atoms with van der Waals surface area (Å²) in [6, 6.07) is 15.7. The van der Waals surface area contributed by atoms with Crippen molar-refractivity contribution in [1.29, 1.82) is 0 Å². The molecular weight excluding hydrogens is 376 g/mol. The van der Waals surface area contributed by atoms with Crippen LogP contribution in [0.25, 0.3) is 11.1 Å². The molecule has 31 heavy (non-hydrogen) atoms. The van der Waals surface area contributed by atoms with Crippen LogP contribution >= 0.6 is 0 Å². The molecular formula is C30H24O. The van der Waals surface area contributed by atoms with Crippen molar-refractivity contribution < 1.29 is 4.74 Å². The van der Waals surface area contributed by atoms with Crippen LogP contribution in [0.4, 0.5) is 0 Å². The van der Waals surface area contributed by atoms with Crippen molar-refractivity contribution in [2.45, 2.75) is 31.1 Å². The molecule has 0 saturated carbocycles. The number of ether oxygens (including phenoxy) is 1. The third-order valence-electron chi connectivity index (χ3n) is 7.55. The van der Waals surface area contributed by atoms with Gasteiger partial charge in [-0.25, -0.2) is 0 Å². The smallest absolute Gasteiger partial charge is 0.130 e. The van der Waals surface area contributed by atoms with E-state index in [1.807, 2.05) is 0 Å². The lowest BCUT2D eigenvalue weighted by Gasteiger charge is -2.36. The predicted octanol–water partition coefficient (Wildman–Crippen LogP) is 7.48. The fourth-order valence-electron chi connectivity index (χ4n) is 6.06. The average Bonchev–Trinajstić information content (AvgIpc) is 3.22. The maximum atomic E-state index is 6.10. The van der Waals surface area contributed by atoms with Crippen molar-refractivity contribution in [3.05, 3.63) is 125 Å². The zero-order valence-corrected chi connectivity index (χ0v) is 17.4. The lowest BCUT2D eigenvalue weighted by molar-refractivity contribution is 0.426. The number of hydrogen-bond donors (Lipinski definition) is 0. The van der Waals surface area contributed by atoms with E-state index in [9.17, 15) is 0 Å². The van der Waals surface area contributed by atoms with Crippen molar-refractivity contribution in [3.63, 3.8) is 0 Å². The van der Waals surface area contributed by atoms with Crippen LogP contribution in [-0.4, -0.2) is 0 Å². The Kier molecular flexibility index (Phi) is 3.69. The lowest BCUT2D eigenvalue weighted by Crippen LogP contribution is -2.21. The molecule has 0 fully saturated rings. The minimum Gasteiger partial charge on any atom is -0.461 e. The molecule has 0 radical (unpaired) electrons. The monoisotopic (exact) mass is 400 g/mol. The molecule has 7 rings (SSSR count). The van der Waals surface area contributed by atoms with Gasteiger partial charge in [-0.2, -0.15) is 0 Å². The second kappa shape index (κ2) is 6.59. The van der Waals surface area contributed by atoms with Crippen LogP contribution < -0.4 is 4.74 Å². The molecule has 0 amide bonds. The zero-order chi connectivity index (χ0) is 20.4. The number of benzene rings is 2. The summed E-state index contributed by atoms with van der Waals surface area (Å²) in [5.74, 6) is 3.36. The van der Waals surface area contributed by atoms with Gasteiger partial charge in [0.25, 0.3) is 0 Å². The van der Waals surface area contributed by atoms with E-state index in [1.165, 1.54) is 33.4 Å². The van der Waals surface area contributed by atoms with Crippen LogP contribution in [-0.2, 0) is 0 Å². The summed E-state index contributed by atoms with van der Waals surface area (Å²) in [4.78, 5) is 0. The first-order valence-electron chi connectivity index (χ1n) is 11.4. The molecule has 2 aromatic rings. The third kappa shape index (κ3) is 2.56. The van der Waals surface area contributed by atoms with E-state index in [-0.39, 0.29) is 0 Å². The Labute approximate surface area is 183 Å². The van der Waals surface area contributed by atoms with Crippen LogP contribution in [0, 0.1) is 5.92 Å². The van der Waals surface area contributed by atoms with Gasteiger partial charge in [0.2, 0.25) is 0 Å². The summed E-state index contributed by atoms with van der Waals surface area (Å²) in [7, 11) is 0. The molecule has 0 aromatic heterocycles. The summed E-state index contributed by atoms with van der Waals surface area (Å²) < 4.78 is 6.10. The number of hydrogen-bond acceptors (Lipinski definition) is 1. The first kappa shape index (κ1) is 17.4. The Morgan fingerprint density at radius 1 is 0.871 bits per heavy atom. The van der Waals surface area contributed by atoms with Crippen LogP contribution in [0.3, 0.4) is 0 Å². The molecule has 4 aliphatic carbocycles. The molecule has 1 nitrogen and oxygen atoms in total. The number of allylic oxidation sites excluding steroid dienone is 12. The fourth-order valence-corrected chi connectivity index (χ4v) is 6.06. The number of para-hydroxylation sites is 1. The van der Waals surface area contributed by atoms with Crippen LogP contribution in [0.2, 0.25) is 0 Å². The second-order valence-corrected chi connectivity index (χ2v) is 9.16. The van der Waals surface area contributed by atoms with Gasteiger partial charge in [0, 0.05) is 23.3 Å². The fraction of sp³-hybridized carbons (Fsp3) is 0.200. The summed E-state index contributed by atoms with van der Waals surface area (Å²) in [5.41, 5.74) is 10.1. The van der Waals surface area contributed by atoms with Gasteiger partial charge in [-0.15, -0.1) is 0 Å². The number of rotatable bonds is 1. The molecule has 2 aromatic carbocycles. The van der Waals surface area contributed by atoms with Gasteiger partial charge in [0.15, 0.2) is 0 Å². The highest BCUT2D eigenvalue weighted by atomic mass is 16.5. The van der Waals surface area contributed by atoms with E-state index in [2.05, 4.69) is 91.1 Å². The average molecular weight is 401 g/mol. The van der Waals surface area contributed by atoms with Crippen LogP contribution in [0.1, 0.15) is 53.4 Å². The van der Waals surface area contributed by atoms with Crippen molar-refractivity contribution >= 4 is 11.1 Å². The van der Waals surface area contributed by atoms with Gasteiger partial charge in [0.1, 0.15) is 11.5 Å². The highest BCUT2D eigenvalue weighted by Crippen LogP contribution is 2.51. The van der Waals surface area contributed by atoms with Gasteiger partial charge in [-0.3, -0.25) is 0 Å².